The summed E-state index contributed by atoms with van der Waals surface area (Å²) in [5, 5.41) is 33.9. The lowest BCUT2D eigenvalue weighted by molar-refractivity contribution is -0.0511. The maximum Gasteiger partial charge on any atom is 0.247 e. The van der Waals surface area contributed by atoms with Gasteiger partial charge in [0.25, 0.3) is 0 Å². The largest absolute Gasteiger partial charge is 0.394 e. The van der Waals surface area contributed by atoms with E-state index in [-0.39, 0.29) is 17.4 Å². The van der Waals surface area contributed by atoms with Gasteiger partial charge in [0.1, 0.15) is 23.8 Å². The van der Waals surface area contributed by atoms with Crippen molar-refractivity contribution in [3.8, 4) is 5.69 Å². The van der Waals surface area contributed by atoms with Gasteiger partial charge in [0, 0.05) is 18.1 Å². The Balaban J connectivity index is 1.35. The van der Waals surface area contributed by atoms with Crippen LogP contribution in [0.5, 0.6) is 0 Å². The molecule has 1 aliphatic heterocycles. The minimum Gasteiger partial charge on any atom is -0.394 e. The van der Waals surface area contributed by atoms with Crippen LogP contribution in [0.4, 0.5) is 11.8 Å². The van der Waals surface area contributed by atoms with Crippen molar-refractivity contribution in [3.05, 3.63) is 54.9 Å². The molecule has 0 spiro atoms. The molecule has 4 atom stereocenters. The standard InChI is InChI=1S/C20H21N9O4/c21-17-14-18(29(10-23-14)19-16(32)15(31)13(8-30)33-19)26-20(25-17)27-24-7-11-1-3-12(4-2-11)28-6-5-22-9-28/h1-7,9-10,13,15-16,19,30-32H,8H2,(H3,21,25,26,27)/b24-7+/t13-,15?,16+,19-/m1/s1. The van der Waals surface area contributed by atoms with E-state index in [2.05, 4.69) is 30.5 Å². The van der Waals surface area contributed by atoms with E-state index in [9.17, 15) is 15.3 Å². The molecule has 13 heteroatoms. The molecule has 0 saturated carbocycles. The number of nitrogens with zero attached hydrogens (tertiary/aromatic N) is 7. The van der Waals surface area contributed by atoms with Gasteiger partial charge in [0.15, 0.2) is 17.7 Å². The Morgan fingerprint density at radius 1 is 1.15 bits per heavy atom. The van der Waals surface area contributed by atoms with Gasteiger partial charge in [-0.05, 0) is 17.7 Å². The van der Waals surface area contributed by atoms with Crippen molar-refractivity contribution < 1.29 is 20.1 Å². The van der Waals surface area contributed by atoms with Crippen LogP contribution in [-0.2, 0) is 4.74 Å². The Morgan fingerprint density at radius 2 is 1.97 bits per heavy atom. The van der Waals surface area contributed by atoms with Crippen LogP contribution in [0.2, 0.25) is 0 Å². The van der Waals surface area contributed by atoms with Crippen LogP contribution in [0.25, 0.3) is 16.9 Å². The zero-order chi connectivity index (χ0) is 22.9. The van der Waals surface area contributed by atoms with E-state index in [0.29, 0.717) is 5.52 Å². The van der Waals surface area contributed by atoms with Crippen molar-refractivity contribution >= 4 is 29.1 Å². The second-order valence-electron chi connectivity index (χ2n) is 7.42. The van der Waals surface area contributed by atoms with Gasteiger partial charge in [-0.1, -0.05) is 12.1 Å². The van der Waals surface area contributed by atoms with Gasteiger partial charge in [0.2, 0.25) is 5.95 Å². The zero-order valence-corrected chi connectivity index (χ0v) is 17.2. The molecule has 4 aromatic rings. The third-order valence-corrected chi connectivity index (χ3v) is 5.31. The van der Waals surface area contributed by atoms with Gasteiger partial charge >= 0.3 is 0 Å². The first-order valence-corrected chi connectivity index (χ1v) is 10.0. The molecule has 5 rings (SSSR count). The lowest BCUT2D eigenvalue weighted by Gasteiger charge is -2.16. The molecule has 6 N–H and O–H groups in total. The lowest BCUT2D eigenvalue weighted by Crippen LogP contribution is -2.33. The summed E-state index contributed by atoms with van der Waals surface area (Å²) in [5.74, 6) is 0.215. The van der Waals surface area contributed by atoms with E-state index in [1.807, 2.05) is 35.0 Å². The SMILES string of the molecule is Nc1nc(N/N=C/c2ccc(-n3ccnc3)cc2)nc2c1ncn2[C@@H]1O[C@H](CO)C(O)[C@@H]1O. The third kappa shape index (κ3) is 3.89. The highest BCUT2D eigenvalue weighted by Crippen LogP contribution is 2.32. The Morgan fingerprint density at radius 3 is 2.67 bits per heavy atom. The average molecular weight is 451 g/mol. The van der Waals surface area contributed by atoms with Crippen molar-refractivity contribution in [1.29, 1.82) is 0 Å². The van der Waals surface area contributed by atoms with Gasteiger partial charge in [-0.15, -0.1) is 0 Å². The number of nitrogen functional groups attached to an aromatic ring is 1. The Kier molecular flexibility index (Phi) is 5.43. The minimum atomic E-state index is -1.28. The first-order valence-electron chi connectivity index (χ1n) is 10.0. The Bertz CT molecular complexity index is 1270. The number of aliphatic hydroxyl groups excluding tert-OH is 3. The molecule has 0 bridgehead atoms. The molecule has 1 saturated heterocycles. The molecular weight excluding hydrogens is 430 g/mol. The van der Waals surface area contributed by atoms with Gasteiger partial charge in [-0.3, -0.25) is 4.57 Å². The summed E-state index contributed by atoms with van der Waals surface area (Å²) < 4.78 is 8.88. The summed E-state index contributed by atoms with van der Waals surface area (Å²) >= 11 is 0. The second-order valence-corrected chi connectivity index (χ2v) is 7.42. The number of nitrogens with one attached hydrogen (secondary N) is 1. The van der Waals surface area contributed by atoms with Crippen molar-refractivity contribution in [1.82, 2.24) is 29.1 Å². The average Bonchev–Trinajstić information content (AvgIpc) is 3.55. The Labute approximate surface area is 186 Å². The number of hydrazone groups is 1. The quantitative estimate of drug-likeness (QED) is 0.192. The lowest BCUT2D eigenvalue weighted by atomic mass is 10.1. The van der Waals surface area contributed by atoms with Crippen molar-refractivity contribution in [2.75, 3.05) is 17.8 Å². The number of anilines is 2. The minimum absolute atomic E-state index is 0.105. The van der Waals surface area contributed by atoms with Crippen molar-refractivity contribution in [2.24, 2.45) is 5.10 Å². The van der Waals surface area contributed by atoms with E-state index in [0.717, 1.165) is 11.3 Å². The molecule has 4 heterocycles. The molecule has 1 aromatic carbocycles. The predicted octanol–water partition coefficient (Wildman–Crippen LogP) is -0.348. The highest BCUT2D eigenvalue weighted by molar-refractivity contribution is 5.83. The molecule has 1 aliphatic rings. The molecule has 33 heavy (non-hydrogen) atoms. The van der Waals surface area contributed by atoms with Crippen LogP contribution in [-0.4, -0.2) is 75.5 Å². The van der Waals surface area contributed by atoms with Gasteiger partial charge in [-0.2, -0.15) is 15.1 Å². The van der Waals surface area contributed by atoms with Crippen LogP contribution < -0.4 is 11.2 Å². The molecular formula is C20H21N9O4. The summed E-state index contributed by atoms with van der Waals surface area (Å²) in [4.78, 5) is 16.7. The molecule has 0 aliphatic carbocycles. The second kappa shape index (κ2) is 8.55. The van der Waals surface area contributed by atoms with Crippen LogP contribution in [0, 0.1) is 0 Å². The fourth-order valence-electron chi connectivity index (χ4n) is 3.59. The molecule has 13 nitrogen and oxygen atoms in total. The van der Waals surface area contributed by atoms with E-state index in [1.54, 1.807) is 18.7 Å². The third-order valence-electron chi connectivity index (χ3n) is 5.31. The highest BCUT2D eigenvalue weighted by Gasteiger charge is 2.44. The summed E-state index contributed by atoms with van der Waals surface area (Å²) in [6, 6.07) is 7.66. The van der Waals surface area contributed by atoms with Gasteiger partial charge in [0.05, 0.1) is 25.5 Å². The summed E-state index contributed by atoms with van der Waals surface area (Å²) in [6.45, 7) is -0.441. The van der Waals surface area contributed by atoms with Crippen LogP contribution >= 0.6 is 0 Å². The smallest absolute Gasteiger partial charge is 0.247 e. The number of fused-ring (bicyclic) bond motifs is 1. The normalized spacial score (nSPS) is 23.0. The Hall–Kier alpha value is -3.91. The van der Waals surface area contributed by atoms with Crippen LogP contribution in [0.1, 0.15) is 11.8 Å². The van der Waals surface area contributed by atoms with Gasteiger partial charge in [-0.25, -0.2) is 15.4 Å². The topological polar surface area (TPSA) is 182 Å². The van der Waals surface area contributed by atoms with E-state index in [4.69, 9.17) is 10.5 Å². The summed E-state index contributed by atoms with van der Waals surface area (Å²) in [6.07, 6.45) is 3.80. The molecule has 1 fully saturated rings. The fourth-order valence-corrected chi connectivity index (χ4v) is 3.59. The first-order chi connectivity index (χ1) is 16.0. The van der Waals surface area contributed by atoms with E-state index >= 15 is 0 Å². The number of hydrogen-bond acceptors (Lipinski definition) is 11. The predicted molar refractivity (Wildman–Crippen MR) is 118 cm³/mol. The van der Waals surface area contributed by atoms with Crippen LogP contribution in [0.3, 0.4) is 0 Å². The molecule has 170 valence electrons. The van der Waals surface area contributed by atoms with Crippen molar-refractivity contribution in [2.45, 2.75) is 24.5 Å². The fraction of sp³-hybridized carbons (Fsp3) is 0.250. The number of rotatable bonds is 6. The maximum atomic E-state index is 10.3. The number of aromatic nitrogens is 6. The van der Waals surface area contributed by atoms with Crippen LogP contribution in [0.15, 0.2) is 54.4 Å². The number of nitrogens with two attached hydrogens (primary N) is 1. The summed E-state index contributed by atoms with van der Waals surface area (Å²) in [7, 11) is 0. The van der Waals surface area contributed by atoms with Gasteiger partial charge < -0.3 is 30.4 Å². The number of hydrogen-bond donors (Lipinski definition) is 5. The number of benzene rings is 1. The van der Waals surface area contributed by atoms with E-state index in [1.165, 1.54) is 10.9 Å². The number of aliphatic hydroxyl groups is 3. The van der Waals surface area contributed by atoms with E-state index < -0.39 is 31.1 Å². The highest BCUT2D eigenvalue weighted by atomic mass is 16.6. The number of imidazole rings is 2. The molecule has 1 unspecified atom stereocenters. The number of ether oxygens (including phenoxy) is 1. The summed E-state index contributed by atoms with van der Waals surface area (Å²) in [5.41, 5.74) is 11.1. The maximum absolute atomic E-state index is 10.3. The molecule has 0 amide bonds. The molecule has 0 radical (unpaired) electrons. The zero-order valence-electron chi connectivity index (χ0n) is 17.2. The first kappa shape index (κ1) is 21.0. The monoisotopic (exact) mass is 451 g/mol. The molecule has 3 aromatic heterocycles. The van der Waals surface area contributed by atoms with Crippen molar-refractivity contribution in [3.63, 3.8) is 0 Å².